The minimum atomic E-state index is -4.66. The molecule has 4 aliphatic heterocycles. The molecule has 2 aromatic carbocycles. The lowest BCUT2D eigenvalue weighted by atomic mass is 9.82. The number of benzene rings is 2. The second-order valence-electron chi connectivity index (χ2n) is 21.5. The fourth-order valence-electron chi connectivity index (χ4n) is 11.7. The number of amides is 6. The monoisotopic (exact) mass is 1170 g/mol. The van der Waals surface area contributed by atoms with Gasteiger partial charge in [-0.3, -0.25) is 38.6 Å². The lowest BCUT2D eigenvalue weighted by molar-refractivity contribution is -0.138. The van der Waals surface area contributed by atoms with Crippen molar-refractivity contribution in [2.75, 3.05) is 76.0 Å². The molecule has 27 heteroatoms. The first-order valence-electron chi connectivity index (χ1n) is 27.8. The molecule has 2 saturated carbocycles. The predicted octanol–water partition coefficient (Wildman–Crippen LogP) is 6.91. The van der Waals surface area contributed by atoms with E-state index in [1.807, 2.05) is 18.2 Å². The van der Waals surface area contributed by atoms with Gasteiger partial charge in [0.1, 0.15) is 43.4 Å². The number of halogens is 6. The van der Waals surface area contributed by atoms with Gasteiger partial charge in [-0.1, -0.05) is 12.1 Å². The summed E-state index contributed by atoms with van der Waals surface area (Å²) in [6.07, 6.45) is -3.96. The maximum Gasteiger partial charge on any atom is 0.416 e. The van der Waals surface area contributed by atoms with Crippen LogP contribution in [-0.2, 0) is 31.4 Å². The number of rotatable bonds is 15. The number of anilines is 2. The van der Waals surface area contributed by atoms with Crippen molar-refractivity contribution in [3.8, 4) is 18.2 Å². The summed E-state index contributed by atoms with van der Waals surface area (Å²) in [4.78, 5) is 87.5. The zero-order valence-corrected chi connectivity index (χ0v) is 46.2. The van der Waals surface area contributed by atoms with E-state index in [4.69, 9.17) is 19.7 Å². The summed E-state index contributed by atoms with van der Waals surface area (Å²) < 4.78 is 94.5. The van der Waals surface area contributed by atoms with Crippen molar-refractivity contribution in [1.82, 2.24) is 40.0 Å². The highest BCUT2D eigenvalue weighted by Crippen LogP contribution is 2.54. The standard InChI is InChI=1S/C29H30F3N7O4.C28H31F3N6O4/c1-2-38-26-22(24(27(41)37(12-10-33)13-11-34)36-39(26)20-8-14-43-15-9-20)21(17-6-7-17)23(28(38)42)35-25(40)18-4-3-5-19(16-18)29(30,31)32;1-3-36-25-21(23(26(39)35(2)12-11-32)34-37(25)19-9-13-41-14-10-19)20(16-7-8-16)22(27(36)40)33-24(38)17-5-4-6-18(15-17)28(29,30)31/h3-5,16-17,20-21,23H,2,6-9,12-15H2,1H3,(H,35,40);4-6,15-16,19-20,22H,3,7-10,12-14H2,1-2H3,(H,33,38). The molecule has 4 fully saturated rings. The fourth-order valence-corrected chi connectivity index (χ4v) is 11.7. The highest BCUT2D eigenvalue weighted by molar-refractivity contribution is 6.08. The number of alkyl halides is 6. The molecule has 444 valence electrons. The average molecular weight is 1170 g/mol. The van der Waals surface area contributed by atoms with E-state index >= 15 is 0 Å². The van der Waals surface area contributed by atoms with Gasteiger partial charge in [-0.15, -0.1) is 0 Å². The summed E-state index contributed by atoms with van der Waals surface area (Å²) in [5, 5.41) is 42.7. The van der Waals surface area contributed by atoms with Crippen molar-refractivity contribution in [3.05, 3.63) is 93.3 Å². The van der Waals surface area contributed by atoms with Crippen LogP contribution < -0.4 is 20.4 Å². The number of carbonyl (C=O) groups excluding carboxylic acids is 6. The lowest BCUT2D eigenvalue weighted by Gasteiger charge is -2.39. The molecular formula is C57H61F6N13O8. The predicted molar refractivity (Wildman–Crippen MR) is 285 cm³/mol. The van der Waals surface area contributed by atoms with E-state index in [1.54, 1.807) is 23.2 Å². The van der Waals surface area contributed by atoms with E-state index in [2.05, 4.69) is 10.6 Å². The van der Waals surface area contributed by atoms with Gasteiger partial charge in [-0.05, 0) is 113 Å². The number of fused-ring (bicyclic) bond motifs is 2. The molecule has 6 aliphatic rings. The first-order chi connectivity index (χ1) is 40.2. The Morgan fingerprint density at radius 1 is 0.607 bits per heavy atom. The zero-order chi connectivity index (χ0) is 60.4. The molecule has 0 radical (unpaired) electrons. The Labute approximate surface area is 479 Å². The first kappa shape index (κ1) is 60.2. The molecule has 21 nitrogen and oxygen atoms in total. The van der Waals surface area contributed by atoms with Gasteiger partial charge in [-0.25, -0.2) is 9.36 Å². The SMILES string of the molecule is CCN1C(=O)C(NC(=O)c2cccc(C(F)(F)F)c2)C(C2CC2)c2c(C(=O)N(C)CC#N)nn(C3CCOCC3)c21.CCN1C(=O)C(NC(=O)c2cccc(C(F)(F)F)c2)C(C2CC2)c2c(C(=O)N(CC#N)CC#N)nn(C3CCOCC3)c21. The van der Waals surface area contributed by atoms with Crippen LogP contribution >= 0.6 is 0 Å². The maximum atomic E-state index is 14.1. The van der Waals surface area contributed by atoms with Crippen LogP contribution in [0.25, 0.3) is 0 Å². The van der Waals surface area contributed by atoms with Crippen LogP contribution in [-0.4, -0.2) is 143 Å². The maximum absolute atomic E-state index is 14.1. The van der Waals surface area contributed by atoms with Gasteiger partial charge in [0, 0.05) is 80.7 Å². The Bertz CT molecular complexity index is 3310. The summed E-state index contributed by atoms with van der Waals surface area (Å²) in [6.45, 7) is 4.93. The smallest absolute Gasteiger partial charge is 0.381 e. The second kappa shape index (κ2) is 24.9. The van der Waals surface area contributed by atoms with Gasteiger partial charge in [-0.2, -0.15) is 52.3 Å². The van der Waals surface area contributed by atoms with Gasteiger partial charge >= 0.3 is 12.4 Å². The van der Waals surface area contributed by atoms with Crippen LogP contribution in [0.4, 0.5) is 38.0 Å². The Morgan fingerprint density at radius 3 is 1.33 bits per heavy atom. The number of nitriles is 3. The number of aromatic nitrogens is 4. The Kier molecular flexibility index (Phi) is 17.8. The van der Waals surface area contributed by atoms with E-state index in [1.165, 1.54) is 33.9 Å². The van der Waals surface area contributed by atoms with Crippen molar-refractivity contribution in [2.45, 2.75) is 114 Å². The third kappa shape index (κ3) is 12.2. The van der Waals surface area contributed by atoms with E-state index in [0.29, 0.717) is 87.7 Å². The van der Waals surface area contributed by atoms with Crippen molar-refractivity contribution >= 4 is 47.1 Å². The number of nitrogens with zero attached hydrogens (tertiary/aromatic N) is 11. The molecule has 2 aliphatic carbocycles. The third-order valence-corrected chi connectivity index (χ3v) is 16.1. The lowest BCUT2D eigenvalue weighted by Crippen LogP contribution is -2.56. The number of ether oxygens (including phenoxy) is 2. The molecule has 6 amide bonds. The molecule has 84 heavy (non-hydrogen) atoms. The van der Waals surface area contributed by atoms with Crippen LogP contribution in [0.3, 0.4) is 0 Å². The van der Waals surface area contributed by atoms with Gasteiger partial charge < -0.3 is 29.9 Å². The van der Waals surface area contributed by atoms with Gasteiger partial charge in [0.25, 0.3) is 35.4 Å². The van der Waals surface area contributed by atoms with Crippen LogP contribution in [0.5, 0.6) is 0 Å². The van der Waals surface area contributed by atoms with Crippen LogP contribution in [0, 0.1) is 45.8 Å². The van der Waals surface area contributed by atoms with Crippen molar-refractivity contribution in [2.24, 2.45) is 11.8 Å². The molecule has 0 spiro atoms. The van der Waals surface area contributed by atoms with Crippen LogP contribution in [0.2, 0.25) is 0 Å². The topological polar surface area (TPSA) is 265 Å². The molecule has 4 aromatic rings. The third-order valence-electron chi connectivity index (χ3n) is 16.1. The Morgan fingerprint density at radius 2 is 0.988 bits per heavy atom. The van der Waals surface area contributed by atoms with E-state index < -0.39 is 82.8 Å². The molecular weight excluding hydrogens is 1110 g/mol. The molecule has 4 atom stereocenters. The largest absolute Gasteiger partial charge is 0.416 e. The second-order valence-corrected chi connectivity index (χ2v) is 21.5. The summed E-state index contributed by atoms with van der Waals surface area (Å²) in [5.74, 6) is -4.18. The van der Waals surface area contributed by atoms with E-state index in [-0.39, 0.29) is 79.2 Å². The van der Waals surface area contributed by atoms with Crippen LogP contribution in [0.15, 0.2) is 48.5 Å². The van der Waals surface area contributed by atoms with Crippen molar-refractivity contribution < 1.29 is 64.6 Å². The highest BCUT2D eigenvalue weighted by atomic mass is 19.4. The van der Waals surface area contributed by atoms with E-state index in [0.717, 1.165) is 54.1 Å². The molecule has 10 rings (SSSR count). The number of carbonyl (C=O) groups is 6. The number of nitrogens with one attached hydrogen (secondary N) is 2. The van der Waals surface area contributed by atoms with Crippen molar-refractivity contribution in [3.63, 3.8) is 0 Å². The average Bonchev–Trinajstić information content (AvgIpc) is 2.45. The molecule has 2 saturated heterocycles. The normalized spacial score (nSPS) is 20.9. The van der Waals surface area contributed by atoms with Gasteiger partial charge in [0.05, 0.1) is 41.4 Å². The molecule has 0 bridgehead atoms. The Hall–Kier alpha value is -8.35. The zero-order valence-electron chi connectivity index (χ0n) is 46.2. The van der Waals surface area contributed by atoms with Gasteiger partial charge in [0.2, 0.25) is 0 Å². The van der Waals surface area contributed by atoms with E-state index in [9.17, 15) is 70.9 Å². The summed E-state index contributed by atoms with van der Waals surface area (Å²) >= 11 is 0. The fraction of sp³-hybridized carbons (Fsp3) is 0.526. The van der Waals surface area contributed by atoms with Gasteiger partial charge in [0.15, 0.2) is 11.4 Å². The molecule has 6 heterocycles. The minimum Gasteiger partial charge on any atom is -0.381 e. The highest BCUT2D eigenvalue weighted by Gasteiger charge is 2.54. The quantitative estimate of drug-likeness (QED) is 0.0907. The Balaban J connectivity index is 0.000000202. The molecule has 2 N–H and O–H groups in total. The number of hydrogen-bond acceptors (Lipinski definition) is 13. The minimum absolute atomic E-state index is 0.00633. The summed E-state index contributed by atoms with van der Waals surface area (Å²) in [7, 11) is 1.50. The van der Waals surface area contributed by atoms with Crippen LogP contribution in [0.1, 0.15) is 153 Å². The van der Waals surface area contributed by atoms with Crippen molar-refractivity contribution in [1.29, 1.82) is 15.8 Å². The molecule has 4 unspecified atom stereocenters. The summed E-state index contributed by atoms with van der Waals surface area (Å²) in [5.41, 5.74) is -1.36. The first-order valence-corrected chi connectivity index (χ1v) is 27.8. The molecule has 2 aromatic heterocycles. The summed E-state index contributed by atoms with van der Waals surface area (Å²) in [6, 6.07) is 11.2. The number of likely N-dealkylation sites (N-methyl/N-ethyl adjacent to an activating group) is 2. The number of hydrogen-bond donors (Lipinski definition) is 2.